The first-order chi connectivity index (χ1) is 5.33. The third-order valence-electron chi connectivity index (χ3n) is 2.13. The van der Waals surface area contributed by atoms with E-state index in [1.165, 1.54) is 30.8 Å². The van der Waals surface area contributed by atoms with E-state index in [0.717, 1.165) is 12.2 Å². The minimum atomic E-state index is 0. The second-order valence-electron chi connectivity index (χ2n) is 3.12. The van der Waals surface area contributed by atoms with Crippen molar-refractivity contribution in [3.63, 3.8) is 0 Å². The van der Waals surface area contributed by atoms with E-state index in [1.54, 1.807) is 0 Å². The van der Waals surface area contributed by atoms with E-state index in [0.29, 0.717) is 16.7 Å². The topological polar surface area (TPSA) is 17.1 Å². The Kier molecular flexibility index (Phi) is 7.25. The van der Waals surface area contributed by atoms with Crippen LogP contribution in [0.1, 0.15) is 32.6 Å². The lowest BCUT2D eigenvalue weighted by molar-refractivity contribution is -0.116. The largest absolute Gasteiger partial charge is 1.00 e. The maximum atomic E-state index is 11.1. The van der Waals surface area contributed by atoms with Crippen LogP contribution in [0.5, 0.6) is 0 Å². The quantitative estimate of drug-likeness (QED) is 0.576. The number of carbonyl (C=O) groups is 1. The van der Waals surface area contributed by atoms with Crippen LogP contribution in [0.3, 0.4) is 0 Å². The molecule has 0 aromatic rings. The first-order valence-electron chi connectivity index (χ1n) is 4.48. The van der Waals surface area contributed by atoms with Crippen LogP contribution in [-0.4, -0.2) is 23.0 Å². The van der Waals surface area contributed by atoms with Crippen LogP contribution in [0, 0.1) is 0 Å². The maximum absolute atomic E-state index is 11.1. The monoisotopic (exact) mass is 252 g/mol. The standard InChI is InChI=1S/C9H17OS.BrH/c1-2-9(10)8-11-6-4-3-5-7-11;/h2-8H2,1H3;1H/q+1;/p-1. The fourth-order valence-corrected chi connectivity index (χ4v) is 3.74. The van der Waals surface area contributed by atoms with Crippen molar-refractivity contribution >= 4 is 16.7 Å². The molecule has 72 valence electrons. The maximum Gasteiger partial charge on any atom is 0.181 e. The molecule has 0 spiro atoms. The number of Topliss-reactive ketones (excluding diaryl/α,β-unsaturated/α-hetero) is 1. The van der Waals surface area contributed by atoms with Gasteiger partial charge in [0.1, 0.15) is 11.5 Å². The predicted molar refractivity (Wildman–Crippen MR) is 51.1 cm³/mol. The molecule has 1 rings (SSSR count). The van der Waals surface area contributed by atoms with Crippen molar-refractivity contribution in [3.05, 3.63) is 0 Å². The number of carbonyl (C=O) groups excluding carboxylic acids is 1. The molecule has 1 fully saturated rings. The molecule has 0 aromatic carbocycles. The molecule has 12 heavy (non-hydrogen) atoms. The zero-order chi connectivity index (χ0) is 8.10. The van der Waals surface area contributed by atoms with Gasteiger partial charge in [-0.2, -0.15) is 0 Å². The number of halogens is 1. The lowest BCUT2D eigenvalue weighted by atomic mass is 10.3. The second-order valence-corrected chi connectivity index (χ2v) is 5.45. The molecule has 0 radical (unpaired) electrons. The fourth-order valence-electron chi connectivity index (χ4n) is 1.37. The Morgan fingerprint density at radius 1 is 1.25 bits per heavy atom. The Morgan fingerprint density at radius 2 is 1.83 bits per heavy atom. The molecule has 0 unspecified atom stereocenters. The van der Waals surface area contributed by atoms with Gasteiger partial charge in [0.15, 0.2) is 11.5 Å². The molecular weight excluding hydrogens is 236 g/mol. The Labute approximate surface area is 88.4 Å². The van der Waals surface area contributed by atoms with Gasteiger partial charge >= 0.3 is 0 Å². The highest BCUT2D eigenvalue weighted by Gasteiger charge is 2.23. The van der Waals surface area contributed by atoms with Crippen LogP contribution in [0.2, 0.25) is 0 Å². The summed E-state index contributed by atoms with van der Waals surface area (Å²) in [5, 5.41) is 0. The summed E-state index contributed by atoms with van der Waals surface area (Å²) in [6.07, 6.45) is 4.85. The van der Waals surface area contributed by atoms with Gasteiger partial charge in [0.25, 0.3) is 0 Å². The zero-order valence-electron chi connectivity index (χ0n) is 7.64. The molecule has 0 aliphatic carbocycles. The summed E-state index contributed by atoms with van der Waals surface area (Å²) in [7, 11) is 0.476. The first kappa shape index (κ1) is 12.5. The van der Waals surface area contributed by atoms with E-state index < -0.39 is 0 Å². The summed E-state index contributed by atoms with van der Waals surface area (Å²) in [5.41, 5.74) is 0. The van der Waals surface area contributed by atoms with E-state index in [2.05, 4.69) is 0 Å². The van der Waals surface area contributed by atoms with Crippen LogP contribution < -0.4 is 17.0 Å². The smallest absolute Gasteiger partial charge is 0.181 e. The molecule has 1 aliphatic rings. The van der Waals surface area contributed by atoms with Gasteiger partial charge in [-0.1, -0.05) is 6.92 Å². The Morgan fingerprint density at radius 3 is 2.33 bits per heavy atom. The van der Waals surface area contributed by atoms with Crippen LogP contribution in [0.15, 0.2) is 0 Å². The van der Waals surface area contributed by atoms with Crippen molar-refractivity contribution in [2.24, 2.45) is 0 Å². The van der Waals surface area contributed by atoms with Crippen molar-refractivity contribution in [2.45, 2.75) is 32.6 Å². The molecule has 1 nitrogen and oxygen atoms in total. The van der Waals surface area contributed by atoms with Gasteiger partial charge in [0.05, 0.1) is 0 Å². The zero-order valence-corrected chi connectivity index (χ0v) is 10.0. The van der Waals surface area contributed by atoms with Gasteiger partial charge in [0.2, 0.25) is 0 Å². The van der Waals surface area contributed by atoms with Crippen molar-refractivity contribution in [1.29, 1.82) is 0 Å². The molecule has 0 amide bonds. The molecule has 3 heteroatoms. The third kappa shape index (κ3) is 4.51. The molecule has 1 aliphatic heterocycles. The molecule has 1 saturated heterocycles. The summed E-state index contributed by atoms with van der Waals surface area (Å²) in [6.45, 7) is 1.97. The second kappa shape index (κ2) is 6.96. The molecule has 0 N–H and O–H groups in total. The number of ketones is 1. The van der Waals surface area contributed by atoms with E-state index in [9.17, 15) is 4.79 Å². The van der Waals surface area contributed by atoms with Crippen LogP contribution in [0.4, 0.5) is 0 Å². The molecule has 1 heterocycles. The Hall–Kier alpha value is 0.500. The van der Waals surface area contributed by atoms with Gasteiger partial charge in [-0.3, -0.25) is 4.79 Å². The van der Waals surface area contributed by atoms with Crippen LogP contribution >= 0.6 is 0 Å². The van der Waals surface area contributed by atoms with Crippen molar-refractivity contribution in [2.75, 3.05) is 17.3 Å². The molecular formula is C9H17BrOS. The molecule has 0 saturated carbocycles. The number of hydrogen-bond donors (Lipinski definition) is 0. The predicted octanol–water partition coefficient (Wildman–Crippen LogP) is -1.23. The minimum absolute atomic E-state index is 0. The highest BCUT2D eigenvalue weighted by Crippen LogP contribution is 2.13. The van der Waals surface area contributed by atoms with Crippen molar-refractivity contribution < 1.29 is 21.8 Å². The average Bonchev–Trinajstić information content (AvgIpc) is 2.06. The normalized spacial score (nSPS) is 18.4. The number of hydrogen-bond acceptors (Lipinski definition) is 1. The molecule has 0 atom stereocenters. The third-order valence-corrected chi connectivity index (χ3v) is 4.59. The minimum Gasteiger partial charge on any atom is -1.00 e. The highest BCUT2D eigenvalue weighted by molar-refractivity contribution is 7.97. The van der Waals surface area contributed by atoms with E-state index in [1.807, 2.05) is 6.92 Å². The highest BCUT2D eigenvalue weighted by atomic mass is 79.9. The summed E-state index contributed by atoms with van der Waals surface area (Å²) < 4.78 is 0. The van der Waals surface area contributed by atoms with Crippen LogP contribution in [-0.2, 0) is 15.7 Å². The Bertz CT molecular complexity index is 132. The van der Waals surface area contributed by atoms with Crippen LogP contribution in [0.25, 0.3) is 0 Å². The SMILES string of the molecule is CCC(=O)C[S+]1CCCCC1.[Br-]. The lowest BCUT2D eigenvalue weighted by Crippen LogP contribution is -3.00. The average molecular weight is 253 g/mol. The van der Waals surface area contributed by atoms with Gasteiger partial charge < -0.3 is 17.0 Å². The first-order valence-corrected chi connectivity index (χ1v) is 6.22. The summed E-state index contributed by atoms with van der Waals surface area (Å²) >= 11 is 0. The Balaban J connectivity index is 0.00000121. The summed E-state index contributed by atoms with van der Waals surface area (Å²) in [6, 6.07) is 0. The number of rotatable bonds is 3. The molecule has 0 bridgehead atoms. The summed E-state index contributed by atoms with van der Waals surface area (Å²) in [5.74, 6) is 4.00. The van der Waals surface area contributed by atoms with Gasteiger partial charge in [-0.15, -0.1) is 0 Å². The molecule has 0 aromatic heterocycles. The van der Waals surface area contributed by atoms with Gasteiger partial charge in [-0.25, -0.2) is 0 Å². The van der Waals surface area contributed by atoms with Gasteiger partial charge in [-0.05, 0) is 30.2 Å². The van der Waals surface area contributed by atoms with Crippen molar-refractivity contribution in [3.8, 4) is 0 Å². The van der Waals surface area contributed by atoms with E-state index >= 15 is 0 Å². The van der Waals surface area contributed by atoms with E-state index in [-0.39, 0.29) is 17.0 Å². The fraction of sp³-hybridized carbons (Fsp3) is 0.889. The summed E-state index contributed by atoms with van der Waals surface area (Å²) in [4.78, 5) is 11.1. The van der Waals surface area contributed by atoms with Gasteiger partial charge in [0, 0.05) is 6.42 Å². The van der Waals surface area contributed by atoms with E-state index in [4.69, 9.17) is 0 Å². The van der Waals surface area contributed by atoms with Crippen molar-refractivity contribution in [1.82, 2.24) is 0 Å². The lowest BCUT2D eigenvalue weighted by Gasteiger charge is -2.12.